The molecular formula is C8H14N2O2S. The molecule has 0 radical (unpaired) electrons. The van der Waals surface area contributed by atoms with Crippen molar-refractivity contribution >= 4 is 9.84 Å². The van der Waals surface area contributed by atoms with Crippen LogP contribution >= 0.6 is 0 Å². The fourth-order valence-electron chi connectivity index (χ4n) is 1.12. The van der Waals surface area contributed by atoms with Crippen LogP contribution < -0.4 is 5.32 Å². The van der Waals surface area contributed by atoms with Crippen LogP contribution in [0.3, 0.4) is 0 Å². The summed E-state index contributed by atoms with van der Waals surface area (Å²) in [4.78, 5) is 0. The van der Waals surface area contributed by atoms with Crippen LogP contribution in [0, 0.1) is 16.7 Å². The van der Waals surface area contributed by atoms with Crippen molar-refractivity contribution in [1.82, 2.24) is 5.32 Å². The molecule has 0 aromatic carbocycles. The Labute approximate surface area is 78.9 Å². The maximum absolute atomic E-state index is 10.8. The van der Waals surface area contributed by atoms with E-state index < -0.39 is 15.3 Å². The summed E-state index contributed by atoms with van der Waals surface area (Å²) >= 11 is 0. The molecule has 0 aromatic rings. The van der Waals surface area contributed by atoms with E-state index in [9.17, 15) is 8.42 Å². The predicted octanol–water partition coefficient (Wildman–Crippen LogP) is -0.0772. The van der Waals surface area contributed by atoms with Gasteiger partial charge >= 0.3 is 0 Å². The molecule has 4 nitrogen and oxygen atoms in total. The van der Waals surface area contributed by atoms with Crippen molar-refractivity contribution in [3.8, 4) is 6.07 Å². The lowest BCUT2D eigenvalue weighted by Gasteiger charge is -2.29. The van der Waals surface area contributed by atoms with Crippen molar-refractivity contribution < 1.29 is 8.42 Å². The molecule has 1 aliphatic heterocycles. The van der Waals surface area contributed by atoms with E-state index in [2.05, 4.69) is 11.4 Å². The van der Waals surface area contributed by atoms with Gasteiger partial charge in [0.05, 0.1) is 23.0 Å². The molecule has 0 spiro atoms. The van der Waals surface area contributed by atoms with E-state index >= 15 is 0 Å². The summed E-state index contributed by atoms with van der Waals surface area (Å²) in [5.41, 5.74) is -0.417. The van der Waals surface area contributed by atoms with E-state index in [0.29, 0.717) is 6.54 Å². The summed E-state index contributed by atoms with van der Waals surface area (Å²) in [5.74, 6) is 0.434. The first-order chi connectivity index (χ1) is 5.85. The zero-order chi connectivity index (χ0) is 10.1. The average molecular weight is 202 g/mol. The molecule has 1 saturated heterocycles. The molecule has 0 atom stereocenters. The molecule has 0 aromatic heterocycles. The molecule has 1 aliphatic rings. The summed E-state index contributed by atoms with van der Waals surface area (Å²) in [7, 11) is -2.75. The minimum Gasteiger partial charge on any atom is -0.310 e. The van der Waals surface area contributed by atoms with Crippen LogP contribution in [0.1, 0.15) is 13.8 Å². The zero-order valence-electron chi connectivity index (χ0n) is 7.87. The Balaban J connectivity index is 2.28. The smallest absolute Gasteiger partial charge is 0.153 e. The lowest BCUT2D eigenvalue weighted by molar-refractivity contribution is 0.409. The Hall–Kier alpha value is -0.600. The predicted molar refractivity (Wildman–Crippen MR) is 49.8 cm³/mol. The maximum Gasteiger partial charge on any atom is 0.153 e. The standard InChI is InChI=1S/C8H14N2O2S/c1-8(2,5-9)6-10-7-3-13(11,12)4-7/h7,10H,3-4,6H2,1-2H3. The van der Waals surface area contributed by atoms with Crippen LogP contribution in [-0.2, 0) is 9.84 Å². The molecule has 0 unspecified atom stereocenters. The summed E-state index contributed by atoms with van der Waals surface area (Å²) in [6, 6.07) is 2.21. The van der Waals surface area contributed by atoms with Crippen LogP contribution in [0.2, 0.25) is 0 Å². The first-order valence-electron chi connectivity index (χ1n) is 4.20. The van der Waals surface area contributed by atoms with E-state index in [0.717, 1.165) is 0 Å². The van der Waals surface area contributed by atoms with Crippen LogP contribution in [0.25, 0.3) is 0 Å². The molecular weight excluding hydrogens is 188 g/mol. The van der Waals surface area contributed by atoms with Gasteiger partial charge in [-0.05, 0) is 13.8 Å². The highest BCUT2D eigenvalue weighted by Gasteiger charge is 2.33. The maximum atomic E-state index is 10.8. The monoisotopic (exact) mass is 202 g/mol. The normalized spacial score (nSPS) is 21.9. The van der Waals surface area contributed by atoms with Crippen molar-refractivity contribution in [1.29, 1.82) is 5.26 Å². The van der Waals surface area contributed by atoms with Crippen molar-refractivity contribution in [2.24, 2.45) is 5.41 Å². The number of rotatable bonds is 3. The summed E-state index contributed by atoms with van der Waals surface area (Å²) in [6.07, 6.45) is 0. The van der Waals surface area contributed by atoms with E-state index in [4.69, 9.17) is 5.26 Å². The van der Waals surface area contributed by atoms with Gasteiger partial charge in [0.2, 0.25) is 0 Å². The highest BCUT2D eigenvalue weighted by Crippen LogP contribution is 2.15. The summed E-state index contributed by atoms with van der Waals surface area (Å²) in [6.45, 7) is 4.20. The molecule has 0 bridgehead atoms. The molecule has 1 N–H and O–H groups in total. The zero-order valence-corrected chi connectivity index (χ0v) is 8.69. The van der Waals surface area contributed by atoms with Crippen LogP contribution in [0.4, 0.5) is 0 Å². The van der Waals surface area contributed by atoms with Gasteiger partial charge in [0.15, 0.2) is 9.84 Å². The van der Waals surface area contributed by atoms with Gasteiger partial charge in [-0.1, -0.05) is 0 Å². The molecule has 74 valence electrons. The lowest BCUT2D eigenvalue weighted by atomic mass is 9.96. The Morgan fingerprint density at radius 2 is 2.08 bits per heavy atom. The van der Waals surface area contributed by atoms with Crippen molar-refractivity contribution in [3.63, 3.8) is 0 Å². The Morgan fingerprint density at radius 1 is 1.54 bits per heavy atom. The Kier molecular flexibility index (Phi) is 2.64. The molecule has 1 fully saturated rings. The van der Waals surface area contributed by atoms with Gasteiger partial charge in [-0.15, -0.1) is 0 Å². The van der Waals surface area contributed by atoms with Gasteiger partial charge in [-0.3, -0.25) is 0 Å². The number of sulfone groups is 1. The summed E-state index contributed by atoms with van der Waals surface area (Å²) < 4.78 is 21.6. The minimum atomic E-state index is -2.75. The van der Waals surface area contributed by atoms with Crippen LogP contribution in [0.5, 0.6) is 0 Å². The third-order valence-corrected chi connectivity index (χ3v) is 3.87. The quantitative estimate of drug-likeness (QED) is 0.695. The number of nitriles is 1. The van der Waals surface area contributed by atoms with Crippen LogP contribution in [-0.4, -0.2) is 32.5 Å². The SMILES string of the molecule is CC(C)(C#N)CNC1CS(=O)(=O)C1. The van der Waals surface area contributed by atoms with Crippen molar-refractivity contribution in [2.75, 3.05) is 18.1 Å². The third kappa shape index (κ3) is 2.98. The highest BCUT2D eigenvalue weighted by atomic mass is 32.2. The van der Waals surface area contributed by atoms with Gasteiger partial charge in [0.1, 0.15) is 0 Å². The van der Waals surface area contributed by atoms with Gasteiger partial charge < -0.3 is 5.32 Å². The second kappa shape index (κ2) is 3.28. The first-order valence-corrected chi connectivity index (χ1v) is 6.02. The van der Waals surface area contributed by atoms with Gasteiger partial charge in [0, 0.05) is 12.6 Å². The largest absolute Gasteiger partial charge is 0.310 e. The number of nitrogens with zero attached hydrogens (tertiary/aromatic N) is 1. The number of hydrogen-bond acceptors (Lipinski definition) is 4. The third-order valence-electron chi connectivity index (χ3n) is 2.05. The van der Waals surface area contributed by atoms with Crippen molar-refractivity contribution in [3.05, 3.63) is 0 Å². The fraction of sp³-hybridized carbons (Fsp3) is 0.875. The Morgan fingerprint density at radius 3 is 2.46 bits per heavy atom. The molecule has 0 saturated carbocycles. The molecule has 0 amide bonds. The number of hydrogen-bond donors (Lipinski definition) is 1. The van der Waals surface area contributed by atoms with E-state index in [1.807, 2.05) is 13.8 Å². The van der Waals surface area contributed by atoms with Gasteiger partial charge in [0.25, 0.3) is 0 Å². The lowest BCUT2D eigenvalue weighted by Crippen LogP contribution is -2.52. The fourth-order valence-corrected chi connectivity index (χ4v) is 2.49. The second-order valence-electron chi connectivity index (χ2n) is 4.15. The molecule has 13 heavy (non-hydrogen) atoms. The molecule has 1 rings (SSSR count). The Bertz CT molecular complexity index is 315. The minimum absolute atomic E-state index is 0.0534. The molecule has 1 heterocycles. The van der Waals surface area contributed by atoms with E-state index in [1.165, 1.54) is 0 Å². The highest BCUT2D eigenvalue weighted by molar-refractivity contribution is 7.92. The first kappa shape index (κ1) is 10.5. The topological polar surface area (TPSA) is 70.0 Å². The second-order valence-corrected chi connectivity index (χ2v) is 6.30. The average Bonchev–Trinajstić information content (AvgIpc) is 1.97. The summed E-state index contributed by atoms with van der Waals surface area (Å²) in [5, 5.41) is 11.8. The molecule has 5 heteroatoms. The van der Waals surface area contributed by atoms with E-state index in [-0.39, 0.29) is 17.5 Å². The molecule has 0 aliphatic carbocycles. The van der Waals surface area contributed by atoms with E-state index in [1.54, 1.807) is 0 Å². The van der Waals surface area contributed by atoms with Crippen LogP contribution in [0.15, 0.2) is 0 Å². The van der Waals surface area contributed by atoms with Gasteiger partial charge in [-0.2, -0.15) is 5.26 Å². The van der Waals surface area contributed by atoms with Crippen molar-refractivity contribution in [2.45, 2.75) is 19.9 Å². The number of nitrogens with one attached hydrogen (secondary N) is 1. The van der Waals surface area contributed by atoms with Gasteiger partial charge in [-0.25, -0.2) is 8.42 Å².